The molecule has 1 aromatic carbocycles. The molecule has 2 fully saturated rings. The van der Waals surface area contributed by atoms with E-state index >= 15 is 0 Å². The molecule has 1 amide bonds. The molecule has 2 aromatic rings. The third kappa shape index (κ3) is 4.04. The summed E-state index contributed by atoms with van der Waals surface area (Å²) in [6.45, 7) is 3.78. The number of nitriles is 1. The lowest BCUT2D eigenvalue weighted by molar-refractivity contribution is -0.131. The first-order valence-corrected chi connectivity index (χ1v) is 9.62. The van der Waals surface area contributed by atoms with Crippen LogP contribution in [0.1, 0.15) is 36.1 Å². The smallest absolute Gasteiger partial charge is 0.255 e. The Labute approximate surface area is 167 Å². The molecular formula is C21H21F2N5O. The van der Waals surface area contributed by atoms with E-state index in [9.17, 15) is 13.6 Å². The number of hydrogen-bond acceptors (Lipinski definition) is 5. The van der Waals surface area contributed by atoms with E-state index < -0.39 is 11.8 Å². The van der Waals surface area contributed by atoms with Crippen LogP contribution in [0.3, 0.4) is 0 Å². The third-order valence-corrected chi connectivity index (χ3v) is 5.60. The molecule has 1 aromatic heterocycles. The highest BCUT2D eigenvalue weighted by Gasteiger charge is 2.57. The van der Waals surface area contributed by atoms with Crippen LogP contribution >= 0.6 is 0 Å². The summed E-state index contributed by atoms with van der Waals surface area (Å²) >= 11 is 0. The number of aromatic nitrogens is 2. The highest BCUT2D eigenvalue weighted by molar-refractivity contribution is 5.79. The Morgan fingerprint density at radius 1 is 1.21 bits per heavy atom. The van der Waals surface area contributed by atoms with Crippen LogP contribution in [0.25, 0.3) is 0 Å². The first-order chi connectivity index (χ1) is 13.9. The maximum atomic E-state index is 13.2. The average Bonchev–Trinajstić information content (AvgIpc) is 3.36. The van der Waals surface area contributed by atoms with E-state index in [1.54, 1.807) is 36.4 Å². The second-order valence-electron chi connectivity index (χ2n) is 7.71. The van der Waals surface area contributed by atoms with Gasteiger partial charge in [-0.15, -0.1) is 10.2 Å². The lowest BCUT2D eigenvalue weighted by Gasteiger charge is -2.40. The van der Waals surface area contributed by atoms with Gasteiger partial charge in [0.1, 0.15) is 6.07 Å². The summed E-state index contributed by atoms with van der Waals surface area (Å²) in [7, 11) is 0. The number of alkyl halides is 2. The second-order valence-corrected chi connectivity index (χ2v) is 7.71. The molecule has 1 aliphatic carbocycles. The SMILES string of the molecule is C[C@@H]1CN(C(=O)Cc2ccc(C3CC3(F)F)cc2)CCN1c1ccc(C#N)nn1. The molecule has 2 heterocycles. The van der Waals surface area contributed by atoms with E-state index in [0.717, 1.165) is 5.56 Å². The predicted octanol–water partition coefficient (Wildman–Crippen LogP) is 2.75. The number of piperazine rings is 1. The van der Waals surface area contributed by atoms with Crippen LogP contribution in [0.5, 0.6) is 0 Å². The number of hydrogen-bond donors (Lipinski definition) is 0. The molecule has 2 atom stereocenters. The van der Waals surface area contributed by atoms with Gasteiger partial charge in [-0.2, -0.15) is 5.26 Å². The van der Waals surface area contributed by atoms with Gasteiger partial charge in [0.15, 0.2) is 11.5 Å². The van der Waals surface area contributed by atoms with Crippen LogP contribution in [0, 0.1) is 11.3 Å². The normalized spacial score (nSPS) is 22.8. The molecule has 29 heavy (non-hydrogen) atoms. The molecule has 4 rings (SSSR count). The zero-order chi connectivity index (χ0) is 20.6. The lowest BCUT2D eigenvalue weighted by atomic mass is 10.0. The molecular weight excluding hydrogens is 376 g/mol. The van der Waals surface area contributed by atoms with E-state index in [0.29, 0.717) is 31.0 Å². The minimum atomic E-state index is -2.58. The van der Waals surface area contributed by atoms with Crippen LogP contribution in [0.15, 0.2) is 36.4 Å². The molecule has 2 aliphatic rings. The quantitative estimate of drug-likeness (QED) is 0.793. The van der Waals surface area contributed by atoms with Gasteiger partial charge in [0, 0.05) is 32.1 Å². The third-order valence-electron chi connectivity index (χ3n) is 5.60. The van der Waals surface area contributed by atoms with E-state index in [4.69, 9.17) is 5.26 Å². The van der Waals surface area contributed by atoms with E-state index in [1.165, 1.54) is 0 Å². The number of amides is 1. The topological polar surface area (TPSA) is 73.1 Å². The van der Waals surface area contributed by atoms with Crippen molar-refractivity contribution in [3.63, 3.8) is 0 Å². The Kier molecular flexibility index (Phi) is 4.91. The summed E-state index contributed by atoms with van der Waals surface area (Å²) in [6, 6.07) is 12.4. The number of rotatable bonds is 4. The van der Waals surface area contributed by atoms with Gasteiger partial charge in [-0.25, -0.2) is 8.78 Å². The van der Waals surface area contributed by atoms with Crippen LogP contribution < -0.4 is 4.90 Å². The fourth-order valence-corrected chi connectivity index (χ4v) is 3.79. The van der Waals surface area contributed by atoms with Crippen molar-refractivity contribution in [2.24, 2.45) is 0 Å². The molecule has 8 heteroatoms. The van der Waals surface area contributed by atoms with Gasteiger partial charge in [0.25, 0.3) is 5.92 Å². The lowest BCUT2D eigenvalue weighted by Crippen LogP contribution is -2.54. The van der Waals surface area contributed by atoms with Gasteiger partial charge in [-0.05, 0) is 30.2 Å². The minimum Gasteiger partial charge on any atom is -0.349 e. The Balaban J connectivity index is 1.34. The predicted molar refractivity (Wildman–Crippen MR) is 103 cm³/mol. The number of halogens is 2. The van der Waals surface area contributed by atoms with Crippen LogP contribution in [0.4, 0.5) is 14.6 Å². The standard InChI is InChI=1S/C21H21F2N5O/c1-14-13-27(8-9-28(14)19-7-6-17(12-24)25-26-19)20(29)10-15-2-4-16(5-3-15)18-11-21(18,22)23/h2-7,14,18H,8-11,13H2,1H3/t14-,18?/m1/s1. The molecule has 0 spiro atoms. The Morgan fingerprint density at radius 3 is 2.48 bits per heavy atom. The van der Waals surface area contributed by atoms with Crippen molar-refractivity contribution in [1.82, 2.24) is 15.1 Å². The van der Waals surface area contributed by atoms with Crippen molar-refractivity contribution in [1.29, 1.82) is 5.26 Å². The molecule has 150 valence electrons. The summed E-state index contributed by atoms with van der Waals surface area (Å²) in [5, 5.41) is 16.8. The van der Waals surface area contributed by atoms with Gasteiger partial charge < -0.3 is 9.80 Å². The maximum absolute atomic E-state index is 13.2. The van der Waals surface area contributed by atoms with Crippen LogP contribution in [-0.4, -0.2) is 52.6 Å². The van der Waals surface area contributed by atoms with E-state index in [-0.39, 0.29) is 30.5 Å². The van der Waals surface area contributed by atoms with Crippen molar-refractivity contribution >= 4 is 11.7 Å². The molecule has 1 aliphatic heterocycles. The molecule has 0 N–H and O–H groups in total. The Hall–Kier alpha value is -3.08. The maximum Gasteiger partial charge on any atom is 0.255 e. The summed E-state index contributed by atoms with van der Waals surface area (Å²) in [6.07, 6.45) is 0.168. The van der Waals surface area contributed by atoms with Crippen molar-refractivity contribution in [3.8, 4) is 6.07 Å². The number of carbonyl (C=O) groups is 1. The Bertz CT molecular complexity index is 939. The molecule has 1 saturated heterocycles. The summed E-state index contributed by atoms with van der Waals surface area (Å²) in [5.74, 6) is -2.54. The van der Waals surface area contributed by atoms with Gasteiger partial charge in [0.05, 0.1) is 12.3 Å². The molecule has 0 bridgehead atoms. The van der Waals surface area contributed by atoms with Gasteiger partial charge in [-0.3, -0.25) is 4.79 Å². The number of nitrogens with zero attached hydrogens (tertiary/aromatic N) is 5. The Morgan fingerprint density at radius 2 is 1.93 bits per heavy atom. The summed E-state index contributed by atoms with van der Waals surface area (Å²) in [5.41, 5.74) is 1.74. The van der Waals surface area contributed by atoms with Crippen molar-refractivity contribution in [2.75, 3.05) is 24.5 Å². The molecule has 6 nitrogen and oxygen atoms in total. The van der Waals surface area contributed by atoms with E-state index in [2.05, 4.69) is 15.1 Å². The first kappa shape index (κ1) is 19.2. The number of carbonyl (C=O) groups excluding carboxylic acids is 1. The summed E-state index contributed by atoms with van der Waals surface area (Å²) in [4.78, 5) is 16.6. The van der Waals surface area contributed by atoms with Crippen LogP contribution in [-0.2, 0) is 11.2 Å². The number of benzene rings is 1. The zero-order valence-electron chi connectivity index (χ0n) is 16.1. The van der Waals surface area contributed by atoms with Crippen molar-refractivity contribution < 1.29 is 13.6 Å². The van der Waals surface area contributed by atoms with E-state index in [1.807, 2.05) is 17.9 Å². The van der Waals surface area contributed by atoms with Crippen molar-refractivity contribution in [2.45, 2.75) is 37.6 Å². The average molecular weight is 397 g/mol. The monoisotopic (exact) mass is 397 g/mol. The fourth-order valence-electron chi connectivity index (χ4n) is 3.79. The van der Waals surface area contributed by atoms with Gasteiger partial charge in [-0.1, -0.05) is 24.3 Å². The molecule has 0 radical (unpaired) electrons. The molecule has 1 saturated carbocycles. The highest BCUT2D eigenvalue weighted by atomic mass is 19.3. The minimum absolute atomic E-state index is 0.0203. The first-order valence-electron chi connectivity index (χ1n) is 9.62. The van der Waals surface area contributed by atoms with Gasteiger partial charge in [0.2, 0.25) is 5.91 Å². The fraction of sp³-hybridized carbons (Fsp3) is 0.429. The van der Waals surface area contributed by atoms with Crippen LogP contribution in [0.2, 0.25) is 0 Å². The largest absolute Gasteiger partial charge is 0.349 e. The molecule has 1 unspecified atom stereocenters. The number of anilines is 1. The van der Waals surface area contributed by atoms with Crippen molar-refractivity contribution in [3.05, 3.63) is 53.2 Å². The highest BCUT2D eigenvalue weighted by Crippen LogP contribution is 2.55. The summed E-state index contributed by atoms with van der Waals surface area (Å²) < 4.78 is 26.4. The second kappa shape index (κ2) is 7.39. The zero-order valence-corrected chi connectivity index (χ0v) is 16.1. The van der Waals surface area contributed by atoms with Gasteiger partial charge >= 0.3 is 0 Å².